The van der Waals surface area contributed by atoms with Gasteiger partial charge in [-0.1, -0.05) is 0 Å². The summed E-state index contributed by atoms with van der Waals surface area (Å²) in [5, 5.41) is 0. The Morgan fingerprint density at radius 3 is 2.61 bits per heavy atom. The van der Waals surface area contributed by atoms with E-state index in [-0.39, 0.29) is 35.7 Å². The molecule has 0 aliphatic carbocycles. The normalized spacial score (nSPS) is 14.7. The van der Waals surface area contributed by atoms with Gasteiger partial charge in [0.15, 0.2) is 11.2 Å². The number of aryl methyl sites for hydroxylation is 1. The minimum absolute atomic E-state index is 0.0292. The monoisotopic (exact) mass is 429 g/mol. The van der Waals surface area contributed by atoms with E-state index < -0.39 is 11.2 Å². The van der Waals surface area contributed by atoms with Gasteiger partial charge in [0.1, 0.15) is 12.6 Å². The molecule has 1 aliphatic rings. The summed E-state index contributed by atoms with van der Waals surface area (Å²) >= 11 is 0. The van der Waals surface area contributed by atoms with Gasteiger partial charge in [-0.2, -0.15) is 4.98 Å². The molecule has 3 aromatic heterocycles. The van der Waals surface area contributed by atoms with Gasteiger partial charge in [-0.3, -0.25) is 18.7 Å². The van der Waals surface area contributed by atoms with Crippen LogP contribution < -0.4 is 20.7 Å². The quantitative estimate of drug-likeness (QED) is 0.521. The fraction of sp³-hybridized carbons (Fsp3) is 0.474. The van der Waals surface area contributed by atoms with E-state index in [0.29, 0.717) is 31.8 Å². The van der Waals surface area contributed by atoms with Gasteiger partial charge in [0.25, 0.3) is 5.56 Å². The van der Waals surface area contributed by atoms with Crippen molar-refractivity contribution in [1.29, 1.82) is 0 Å². The van der Waals surface area contributed by atoms with E-state index in [0.717, 1.165) is 4.57 Å². The summed E-state index contributed by atoms with van der Waals surface area (Å²) in [5.74, 6) is 0.306. The maximum Gasteiger partial charge on any atom is 0.332 e. The highest BCUT2D eigenvalue weighted by Crippen LogP contribution is 2.19. The molecule has 0 bridgehead atoms. The lowest BCUT2D eigenvalue weighted by molar-refractivity contribution is -0.133. The molecule has 1 amide bonds. The highest BCUT2D eigenvalue weighted by molar-refractivity contribution is 5.79. The minimum atomic E-state index is -0.476. The van der Waals surface area contributed by atoms with Crippen LogP contribution in [0.1, 0.15) is 12.8 Å². The van der Waals surface area contributed by atoms with Crippen molar-refractivity contribution in [2.24, 2.45) is 14.1 Å². The molecule has 1 saturated heterocycles. The van der Waals surface area contributed by atoms with Crippen LogP contribution in [0, 0.1) is 0 Å². The number of hydrogen-bond acceptors (Lipinski definition) is 8. The van der Waals surface area contributed by atoms with Crippen molar-refractivity contribution < 1.29 is 14.3 Å². The van der Waals surface area contributed by atoms with Crippen molar-refractivity contribution in [1.82, 2.24) is 33.6 Å². The number of aromatic nitrogens is 6. The van der Waals surface area contributed by atoms with Crippen molar-refractivity contribution in [2.45, 2.75) is 25.5 Å². The molecule has 0 saturated carbocycles. The number of rotatable bonds is 5. The van der Waals surface area contributed by atoms with Gasteiger partial charge < -0.3 is 18.9 Å². The SMILES string of the molecule is COc1nccc(OC2CCN(C(=O)Cn3cnc4c3c(=O)n(C)c(=O)n4C)CC2)n1. The van der Waals surface area contributed by atoms with E-state index in [1.165, 1.54) is 29.6 Å². The van der Waals surface area contributed by atoms with Crippen LogP contribution in [0.5, 0.6) is 11.9 Å². The fourth-order valence-corrected chi connectivity index (χ4v) is 3.65. The Morgan fingerprint density at radius 1 is 1.16 bits per heavy atom. The van der Waals surface area contributed by atoms with E-state index in [9.17, 15) is 14.4 Å². The molecule has 0 radical (unpaired) electrons. The highest BCUT2D eigenvalue weighted by Gasteiger charge is 2.25. The third-order valence-electron chi connectivity index (χ3n) is 5.40. The largest absolute Gasteiger partial charge is 0.474 e. The average molecular weight is 429 g/mol. The lowest BCUT2D eigenvalue weighted by Crippen LogP contribution is -2.43. The fourth-order valence-electron chi connectivity index (χ4n) is 3.65. The molecule has 164 valence electrons. The van der Waals surface area contributed by atoms with Gasteiger partial charge in [0, 0.05) is 52.3 Å². The van der Waals surface area contributed by atoms with Gasteiger partial charge in [-0.05, 0) is 0 Å². The molecule has 1 aliphatic heterocycles. The topological polar surface area (TPSA) is 126 Å². The van der Waals surface area contributed by atoms with Gasteiger partial charge in [-0.25, -0.2) is 14.8 Å². The predicted octanol–water partition coefficient (Wildman–Crippen LogP) is -0.698. The van der Waals surface area contributed by atoms with Crippen LogP contribution >= 0.6 is 0 Å². The van der Waals surface area contributed by atoms with Crippen LogP contribution in [0.4, 0.5) is 0 Å². The molecular weight excluding hydrogens is 406 g/mol. The van der Waals surface area contributed by atoms with Crippen LogP contribution in [0.25, 0.3) is 11.2 Å². The summed E-state index contributed by atoms with van der Waals surface area (Å²) < 4.78 is 14.7. The Labute approximate surface area is 176 Å². The molecule has 12 heteroatoms. The van der Waals surface area contributed by atoms with Crippen LogP contribution in [-0.4, -0.2) is 65.8 Å². The Kier molecular flexibility index (Phi) is 5.44. The van der Waals surface area contributed by atoms with Crippen LogP contribution in [0.15, 0.2) is 28.2 Å². The lowest BCUT2D eigenvalue weighted by atomic mass is 10.1. The number of piperidine rings is 1. The van der Waals surface area contributed by atoms with Crippen molar-refractivity contribution in [2.75, 3.05) is 20.2 Å². The van der Waals surface area contributed by atoms with Crippen molar-refractivity contribution >= 4 is 17.1 Å². The maximum atomic E-state index is 12.8. The minimum Gasteiger partial charge on any atom is -0.474 e. The number of ether oxygens (including phenoxy) is 2. The second-order valence-corrected chi connectivity index (χ2v) is 7.33. The summed E-state index contributed by atoms with van der Waals surface area (Å²) in [7, 11) is 4.44. The number of carbonyl (C=O) groups is 1. The molecule has 3 aromatic rings. The molecule has 0 N–H and O–H groups in total. The smallest absolute Gasteiger partial charge is 0.332 e. The summed E-state index contributed by atoms with van der Waals surface area (Å²) in [4.78, 5) is 51.4. The highest BCUT2D eigenvalue weighted by atomic mass is 16.5. The standard InChI is InChI=1S/C19H23N7O5/c1-23-16-15(17(28)24(2)19(23)29)26(11-21-16)10-14(27)25-8-5-12(6-9-25)31-13-4-7-20-18(22-13)30-3/h4,7,11-12H,5-6,8-10H2,1-3H3. The first-order chi connectivity index (χ1) is 14.9. The van der Waals surface area contributed by atoms with Crippen molar-refractivity contribution in [3.05, 3.63) is 39.4 Å². The second kappa shape index (κ2) is 8.20. The van der Waals surface area contributed by atoms with E-state index >= 15 is 0 Å². The zero-order valence-corrected chi connectivity index (χ0v) is 17.5. The zero-order chi connectivity index (χ0) is 22.1. The molecular formula is C19H23N7O5. The number of fused-ring (bicyclic) bond motifs is 1. The van der Waals surface area contributed by atoms with Crippen LogP contribution in [-0.2, 0) is 25.4 Å². The van der Waals surface area contributed by atoms with E-state index in [2.05, 4.69) is 15.0 Å². The van der Waals surface area contributed by atoms with Crippen molar-refractivity contribution in [3.63, 3.8) is 0 Å². The number of carbonyl (C=O) groups excluding carboxylic acids is 1. The Morgan fingerprint density at radius 2 is 1.90 bits per heavy atom. The van der Waals surface area contributed by atoms with E-state index in [1.54, 1.807) is 24.2 Å². The number of nitrogens with zero attached hydrogens (tertiary/aromatic N) is 7. The molecule has 0 atom stereocenters. The lowest BCUT2D eigenvalue weighted by Gasteiger charge is -2.32. The molecule has 0 aromatic carbocycles. The summed E-state index contributed by atoms with van der Waals surface area (Å²) in [5.41, 5.74) is -0.449. The zero-order valence-electron chi connectivity index (χ0n) is 17.5. The summed E-state index contributed by atoms with van der Waals surface area (Å²) in [6, 6.07) is 1.90. The number of methoxy groups -OCH3 is 1. The number of imidazole rings is 1. The molecule has 4 rings (SSSR count). The van der Waals surface area contributed by atoms with E-state index in [4.69, 9.17) is 9.47 Å². The van der Waals surface area contributed by atoms with Crippen LogP contribution in [0.3, 0.4) is 0 Å². The molecule has 31 heavy (non-hydrogen) atoms. The molecule has 4 heterocycles. The predicted molar refractivity (Wildman–Crippen MR) is 109 cm³/mol. The second-order valence-electron chi connectivity index (χ2n) is 7.33. The number of amides is 1. The third-order valence-corrected chi connectivity index (χ3v) is 5.40. The number of likely N-dealkylation sites (tertiary alicyclic amines) is 1. The van der Waals surface area contributed by atoms with Gasteiger partial charge in [-0.15, -0.1) is 0 Å². The van der Waals surface area contributed by atoms with Crippen molar-refractivity contribution in [3.8, 4) is 11.9 Å². The molecule has 0 unspecified atom stereocenters. The summed E-state index contributed by atoms with van der Waals surface area (Å²) in [6.45, 7) is 1.02. The molecule has 12 nitrogen and oxygen atoms in total. The molecule has 1 fully saturated rings. The van der Waals surface area contributed by atoms with Crippen LogP contribution in [0.2, 0.25) is 0 Å². The first-order valence-corrected chi connectivity index (χ1v) is 9.81. The average Bonchev–Trinajstić information content (AvgIpc) is 3.20. The van der Waals surface area contributed by atoms with E-state index in [1.807, 2.05) is 0 Å². The maximum absolute atomic E-state index is 12.8. The Balaban J connectivity index is 1.42. The Bertz CT molecular complexity index is 1240. The summed E-state index contributed by atoms with van der Waals surface area (Å²) in [6.07, 6.45) is 4.22. The number of hydrogen-bond donors (Lipinski definition) is 0. The van der Waals surface area contributed by atoms with Gasteiger partial charge in [0.2, 0.25) is 11.8 Å². The van der Waals surface area contributed by atoms with Gasteiger partial charge in [0.05, 0.1) is 13.4 Å². The molecule has 0 spiro atoms. The van der Waals surface area contributed by atoms with Gasteiger partial charge >= 0.3 is 11.7 Å². The Hall–Kier alpha value is -3.70. The first kappa shape index (κ1) is 20.6. The first-order valence-electron chi connectivity index (χ1n) is 9.81. The third kappa shape index (κ3) is 3.88.